The first-order valence-electron chi connectivity index (χ1n) is 11.5. The second-order valence-electron chi connectivity index (χ2n) is 8.70. The van der Waals surface area contributed by atoms with E-state index < -0.39 is 11.9 Å². The summed E-state index contributed by atoms with van der Waals surface area (Å²) in [6, 6.07) is 22.0. The summed E-state index contributed by atoms with van der Waals surface area (Å²) in [6.07, 6.45) is 0. The molecule has 2 aromatic heterocycles. The van der Waals surface area contributed by atoms with Crippen LogP contribution in [0.15, 0.2) is 82.0 Å². The maximum atomic E-state index is 13.8. The van der Waals surface area contributed by atoms with Crippen LogP contribution in [0, 0.1) is 13.8 Å². The first-order chi connectivity index (χ1) is 17.5. The van der Waals surface area contributed by atoms with Gasteiger partial charge in [0.2, 0.25) is 10.9 Å². The number of ether oxygens (including phenoxy) is 1. The highest BCUT2D eigenvalue weighted by Gasteiger charge is 2.45. The van der Waals surface area contributed by atoms with Crippen LogP contribution in [-0.4, -0.2) is 16.1 Å². The molecule has 1 aliphatic rings. The maximum Gasteiger partial charge on any atom is 0.297 e. The third-order valence-electron chi connectivity index (χ3n) is 6.17. The zero-order valence-electron chi connectivity index (χ0n) is 19.6. The van der Waals surface area contributed by atoms with Gasteiger partial charge in [-0.3, -0.25) is 14.5 Å². The van der Waals surface area contributed by atoms with Crippen molar-refractivity contribution in [2.45, 2.75) is 26.5 Å². The van der Waals surface area contributed by atoms with E-state index >= 15 is 0 Å². The molecule has 1 unspecified atom stereocenters. The van der Waals surface area contributed by atoms with Crippen molar-refractivity contribution in [2.75, 3.05) is 4.90 Å². The number of rotatable bonds is 5. The van der Waals surface area contributed by atoms with Crippen LogP contribution in [0.1, 0.15) is 43.9 Å². The van der Waals surface area contributed by atoms with Crippen LogP contribution in [0.2, 0.25) is 0 Å². The monoisotopic (exact) mass is 495 g/mol. The molecule has 0 aliphatic carbocycles. The minimum absolute atomic E-state index is 0.0322. The second kappa shape index (κ2) is 8.73. The van der Waals surface area contributed by atoms with Crippen LogP contribution in [0.3, 0.4) is 0 Å². The number of anilines is 1. The number of nitrogens with zero attached hydrogens (tertiary/aromatic N) is 3. The van der Waals surface area contributed by atoms with Gasteiger partial charge in [0.05, 0.1) is 17.0 Å². The van der Waals surface area contributed by atoms with Gasteiger partial charge in [0.1, 0.15) is 22.9 Å². The molecule has 3 heterocycles. The highest BCUT2D eigenvalue weighted by atomic mass is 32.1. The Balaban J connectivity index is 1.49. The van der Waals surface area contributed by atoms with Gasteiger partial charge >= 0.3 is 0 Å². The summed E-state index contributed by atoms with van der Waals surface area (Å²) in [5, 5.41) is 9.88. The van der Waals surface area contributed by atoms with E-state index in [0.29, 0.717) is 39.0 Å². The summed E-state index contributed by atoms with van der Waals surface area (Å²) in [4.78, 5) is 28.9. The van der Waals surface area contributed by atoms with Crippen molar-refractivity contribution in [3.05, 3.63) is 116 Å². The van der Waals surface area contributed by atoms with Crippen LogP contribution < -0.4 is 15.1 Å². The number of amides is 1. The van der Waals surface area contributed by atoms with E-state index in [2.05, 4.69) is 10.2 Å². The fourth-order valence-electron chi connectivity index (χ4n) is 4.50. The number of benzene rings is 3. The van der Waals surface area contributed by atoms with Crippen LogP contribution in [0.25, 0.3) is 11.0 Å². The fourth-order valence-corrected chi connectivity index (χ4v) is 5.21. The van der Waals surface area contributed by atoms with Gasteiger partial charge in [-0.05, 0) is 49.2 Å². The lowest BCUT2D eigenvalue weighted by Crippen LogP contribution is -2.29. The average Bonchev–Trinajstić information content (AvgIpc) is 3.45. The van der Waals surface area contributed by atoms with Gasteiger partial charge in [-0.15, -0.1) is 10.2 Å². The number of carbonyl (C=O) groups excluding carboxylic acids is 1. The maximum absolute atomic E-state index is 13.8. The molecule has 0 spiro atoms. The van der Waals surface area contributed by atoms with Crippen molar-refractivity contribution in [1.82, 2.24) is 10.2 Å². The number of carbonyl (C=O) groups is 1. The smallest absolute Gasteiger partial charge is 0.297 e. The summed E-state index contributed by atoms with van der Waals surface area (Å²) in [5.74, 6) is 0.248. The van der Waals surface area contributed by atoms with E-state index in [1.807, 2.05) is 74.5 Å². The lowest BCUT2D eigenvalue weighted by atomic mass is 9.98. The quantitative estimate of drug-likeness (QED) is 0.316. The van der Waals surface area contributed by atoms with E-state index in [0.717, 1.165) is 16.7 Å². The molecular weight excluding hydrogens is 474 g/mol. The summed E-state index contributed by atoms with van der Waals surface area (Å²) >= 11 is 1.29. The molecule has 1 atom stereocenters. The lowest BCUT2D eigenvalue weighted by Gasteiger charge is -2.22. The van der Waals surface area contributed by atoms with E-state index in [9.17, 15) is 9.59 Å². The third-order valence-corrected chi connectivity index (χ3v) is 7.01. The van der Waals surface area contributed by atoms with Crippen LogP contribution in [0.4, 0.5) is 5.13 Å². The summed E-state index contributed by atoms with van der Waals surface area (Å²) < 4.78 is 12.1. The first kappa shape index (κ1) is 22.2. The number of fused-ring (bicyclic) bond motifs is 2. The largest absolute Gasteiger partial charge is 0.489 e. The van der Waals surface area contributed by atoms with Crippen LogP contribution in [-0.2, 0) is 6.61 Å². The summed E-state index contributed by atoms with van der Waals surface area (Å²) in [6.45, 7) is 4.14. The standard InChI is InChI=1S/C28H21N3O4S/c1-16-11-12-22-21(13-16)25(32)23-24(31(27(33)26(23)35-22)28-30-29-17(2)36-28)19-9-6-10-20(14-19)34-15-18-7-4-3-5-8-18/h3-14,24H,15H2,1-2H3. The van der Waals surface area contributed by atoms with Crippen LogP contribution in [0.5, 0.6) is 5.75 Å². The molecule has 36 heavy (non-hydrogen) atoms. The third kappa shape index (κ3) is 3.76. The summed E-state index contributed by atoms with van der Waals surface area (Å²) in [7, 11) is 0. The first-order valence-corrected chi connectivity index (χ1v) is 12.3. The van der Waals surface area contributed by atoms with Crippen molar-refractivity contribution >= 4 is 33.3 Å². The topological polar surface area (TPSA) is 85.5 Å². The van der Waals surface area contributed by atoms with Crippen molar-refractivity contribution in [1.29, 1.82) is 0 Å². The molecule has 1 aliphatic heterocycles. The zero-order chi connectivity index (χ0) is 24.8. The van der Waals surface area contributed by atoms with E-state index in [-0.39, 0.29) is 11.2 Å². The van der Waals surface area contributed by atoms with Crippen molar-refractivity contribution in [2.24, 2.45) is 0 Å². The minimum Gasteiger partial charge on any atom is -0.489 e. The Kier molecular flexibility index (Phi) is 5.38. The Morgan fingerprint density at radius 2 is 1.81 bits per heavy atom. The SMILES string of the molecule is Cc1ccc2oc3c(c(=O)c2c1)C(c1cccc(OCc2ccccc2)c1)N(c1nnc(C)s1)C3=O. The molecule has 0 bridgehead atoms. The van der Waals surface area contributed by atoms with E-state index in [4.69, 9.17) is 9.15 Å². The molecule has 7 nitrogen and oxygen atoms in total. The molecule has 0 fully saturated rings. The number of hydrogen-bond donors (Lipinski definition) is 0. The van der Waals surface area contributed by atoms with E-state index in [1.54, 1.807) is 12.1 Å². The van der Waals surface area contributed by atoms with Gasteiger partial charge in [-0.2, -0.15) is 0 Å². The second-order valence-corrected chi connectivity index (χ2v) is 9.86. The van der Waals surface area contributed by atoms with Gasteiger partial charge in [0.15, 0.2) is 5.43 Å². The Labute approximate surface area is 210 Å². The Hall–Kier alpha value is -4.30. The molecule has 6 rings (SSSR count). The molecule has 5 aromatic rings. The molecule has 1 amide bonds. The minimum atomic E-state index is -0.721. The summed E-state index contributed by atoms with van der Waals surface area (Å²) in [5.41, 5.74) is 3.14. The zero-order valence-corrected chi connectivity index (χ0v) is 20.4. The molecule has 8 heteroatoms. The highest BCUT2D eigenvalue weighted by molar-refractivity contribution is 7.15. The molecule has 0 saturated carbocycles. The van der Waals surface area contributed by atoms with Crippen molar-refractivity contribution in [3.8, 4) is 5.75 Å². The van der Waals surface area contributed by atoms with Gasteiger partial charge < -0.3 is 9.15 Å². The Morgan fingerprint density at radius 3 is 2.58 bits per heavy atom. The number of hydrogen-bond acceptors (Lipinski definition) is 7. The lowest BCUT2D eigenvalue weighted by molar-refractivity contribution is 0.0970. The van der Waals surface area contributed by atoms with Gasteiger partial charge in [0, 0.05) is 0 Å². The predicted molar refractivity (Wildman–Crippen MR) is 138 cm³/mol. The van der Waals surface area contributed by atoms with Crippen molar-refractivity contribution in [3.63, 3.8) is 0 Å². The molecule has 178 valence electrons. The average molecular weight is 496 g/mol. The highest BCUT2D eigenvalue weighted by Crippen LogP contribution is 2.42. The Bertz CT molecular complexity index is 1680. The molecular formula is C28H21N3O4S. The van der Waals surface area contributed by atoms with Crippen molar-refractivity contribution < 1.29 is 13.9 Å². The van der Waals surface area contributed by atoms with Crippen LogP contribution >= 0.6 is 11.3 Å². The molecule has 0 saturated heterocycles. The normalized spacial score (nSPS) is 14.9. The molecule has 0 radical (unpaired) electrons. The molecule has 0 N–H and O–H groups in total. The van der Waals surface area contributed by atoms with E-state index in [1.165, 1.54) is 16.2 Å². The van der Waals surface area contributed by atoms with Gasteiger partial charge in [0.25, 0.3) is 5.91 Å². The number of aromatic nitrogens is 2. The van der Waals surface area contributed by atoms with Gasteiger partial charge in [-0.25, -0.2) is 0 Å². The fraction of sp³-hybridized carbons (Fsp3) is 0.143. The number of aryl methyl sites for hydroxylation is 2. The van der Waals surface area contributed by atoms with Gasteiger partial charge in [-0.1, -0.05) is 65.4 Å². The molecule has 3 aromatic carbocycles. The Morgan fingerprint density at radius 1 is 0.972 bits per heavy atom. The predicted octanol–water partition coefficient (Wildman–Crippen LogP) is 5.59.